The smallest absolute Gasteiger partial charge is 0.336 e. The van der Waals surface area contributed by atoms with E-state index in [0.29, 0.717) is 46.8 Å². The second kappa shape index (κ2) is 11.4. The van der Waals surface area contributed by atoms with Crippen LogP contribution >= 0.6 is 11.6 Å². The Kier molecular flexibility index (Phi) is 7.98. The number of carbonyl (C=O) groups is 2. The number of carbonyl (C=O) groups excluding carboxylic acids is 2. The van der Waals surface area contributed by atoms with Gasteiger partial charge in [0, 0.05) is 60.9 Å². The van der Waals surface area contributed by atoms with E-state index >= 15 is 0 Å². The summed E-state index contributed by atoms with van der Waals surface area (Å²) in [6, 6.07) is 14.0. The third-order valence-electron chi connectivity index (χ3n) is 8.19. The third-order valence-corrected chi connectivity index (χ3v) is 8.52. The predicted octanol–water partition coefficient (Wildman–Crippen LogP) is 5.62. The fraction of sp³-hybridized carbons (Fsp3) is 0.452. The summed E-state index contributed by atoms with van der Waals surface area (Å²) in [6.45, 7) is 2.79. The van der Waals surface area contributed by atoms with E-state index in [9.17, 15) is 14.4 Å². The highest BCUT2D eigenvalue weighted by Crippen LogP contribution is 2.38. The second-order valence-electron chi connectivity index (χ2n) is 11.1. The van der Waals surface area contributed by atoms with Gasteiger partial charge in [-0.1, -0.05) is 55.5 Å². The van der Waals surface area contributed by atoms with Gasteiger partial charge in [-0.2, -0.15) is 0 Å². The number of rotatable bonds is 6. The lowest BCUT2D eigenvalue weighted by Crippen LogP contribution is -2.52. The van der Waals surface area contributed by atoms with Gasteiger partial charge < -0.3 is 19.0 Å². The van der Waals surface area contributed by atoms with E-state index in [2.05, 4.69) is 0 Å². The number of ether oxygens (including phenoxy) is 1. The minimum Gasteiger partial charge on any atom is -0.481 e. The number of hydrogen-bond donors (Lipinski definition) is 0. The molecule has 0 spiro atoms. The molecule has 1 aliphatic carbocycles. The molecule has 0 radical (unpaired) electrons. The van der Waals surface area contributed by atoms with Gasteiger partial charge in [0.2, 0.25) is 5.91 Å². The van der Waals surface area contributed by atoms with Gasteiger partial charge in [-0.15, -0.1) is 0 Å². The normalized spacial score (nSPS) is 20.7. The molecule has 1 aliphatic heterocycles. The maximum atomic E-state index is 13.6. The largest absolute Gasteiger partial charge is 0.481 e. The zero-order valence-corrected chi connectivity index (χ0v) is 23.4. The molecule has 2 aliphatic rings. The standard InChI is InChI=1S/C31H35ClN2O5/c1-19(30(36)34-17-21(20-8-4-5-9-20)14-22(18-34)31(37)33(2)3)38-23-12-13-25-26(16-29(35)39-28(25)15-23)24-10-6-7-11-27(24)32/h6-7,10-13,15-16,19-22H,4-5,8-9,14,17-18H2,1-3H3/t19?,21?,22-/m1/s1. The lowest BCUT2D eigenvalue weighted by molar-refractivity contribution is -0.145. The molecule has 2 amide bonds. The first-order chi connectivity index (χ1) is 18.7. The van der Waals surface area contributed by atoms with Crippen LogP contribution in [-0.2, 0) is 9.59 Å². The molecule has 0 bridgehead atoms. The van der Waals surface area contributed by atoms with Gasteiger partial charge in [0.25, 0.3) is 5.91 Å². The Morgan fingerprint density at radius 2 is 1.77 bits per heavy atom. The number of hydrogen-bond acceptors (Lipinski definition) is 5. The van der Waals surface area contributed by atoms with Gasteiger partial charge in [-0.3, -0.25) is 9.59 Å². The van der Waals surface area contributed by atoms with Crippen molar-refractivity contribution in [1.82, 2.24) is 9.80 Å². The number of fused-ring (bicyclic) bond motifs is 1. The molecule has 1 saturated carbocycles. The molecule has 8 heteroatoms. The molecule has 1 aromatic heterocycles. The van der Waals surface area contributed by atoms with Crippen LogP contribution in [0.25, 0.3) is 22.1 Å². The Bertz CT molecular complexity index is 1430. The van der Waals surface area contributed by atoms with Crippen molar-refractivity contribution in [2.45, 2.75) is 45.1 Å². The fourth-order valence-corrected chi connectivity index (χ4v) is 6.50. The minimum atomic E-state index is -0.765. The highest BCUT2D eigenvalue weighted by Gasteiger charge is 2.39. The highest BCUT2D eigenvalue weighted by atomic mass is 35.5. The Balaban J connectivity index is 1.36. The van der Waals surface area contributed by atoms with E-state index in [4.69, 9.17) is 20.8 Å². The molecular weight excluding hydrogens is 516 g/mol. The number of nitrogens with zero attached hydrogens (tertiary/aromatic N) is 2. The molecule has 5 rings (SSSR count). The highest BCUT2D eigenvalue weighted by molar-refractivity contribution is 6.33. The molecule has 2 aromatic carbocycles. The summed E-state index contributed by atoms with van der Waals surface area (Å²) >= 11 is 6.40. The molecule has 7 nitrogen and oxygen atoms in total. The Hall–Kier alpha value is -3.32. The monoisotopic (exact) mass is 550 g/mol. The molecule has 39 heavy (non-hydrogen) atoms. The van der Waals surface area contributed by atoms with Gasteiger partial charge in [0.15, 0.2) is 6.10 Å². The lowest BCUT2D eigenvalue weighted by atomic mass is 9.79. The topological polar surface area (TPSA) is 80.1 Å². The van der Waals surface area contributed by atoms with Gasteiger partial charge in [-0.25, -0.2) is 4.79 Å². The fourth-order valence-electron chi connectivity index (χ4n) is 6.26. The van der Waals surface area contributed by atoms with E-state index in [1.165, 1.54) is 31.7 Å². The molecule has 3 atom stereocenters. The van der Waals surface area contributed by atoms with Crippen LogP contribution in [0.15, 0.2) is 57.7 Å². The van der Waals surface area contributed by atoms with Crippen LogP contribution in [0.5, 0.6) is 5.75 Å². The van der Waals surface area contributed by atoms with E-state index < -0.39 is 11.7 Å². The van der Waals surface area contributed by atoms with Crippen molar-refractivity contribution in [3.05, 3.63) is 64.0 Å². The Morgan fingerprint density at radius 3 is 2.49 bits per heavy atom. The summed E-state index contributed by atoms with van der Waals surface area (Å²) in [7, 11) is 3.54. The lowest BCUT2D eigenvalue weighted by Gasteiger charge is -2.41. The molecule has 3 aromatic rings. The number of benzene rings is 2. The molecule has 1 saturated heterocycles. The zero-order chi connectivity index (χ0) is 27.7. The van der Waals surface area contributed by atoms with Crippen molar-refractivity contribution >= 4 is 34.4 Å². The van der Waals surface area contributed by atoms with Crippen LogP contribution in [0.3, 0.4) is 0 Å². The number of piperidine rings is 1. The van der Waals surface area contributed by atoms with Crippen LogP contribution in [0.1, 0.15) is 39.0 Å². The number of amides is 2. The van der Waals surface area contributed by atoms with Crippen molar-refractivity contribution in [3.8, 4) is 16.9 Å². The summed E-state index contributed by atoms with van der Waals surface area (Å²) in [5, 5.41) is 1.25. The number of likely N-dealkylation sites (tertiary alicyclic amines) is 1. The van der Waals surface area contributed by atoms with E-state index in [1.807, 2.05) is 29.2 Å². The SMILES string of the molecule is CC(Oc1ccc2c(-c3ccccc3Cl)cc(=O)oc2c1)C(=O)N1CC(C2CCCC2)C[C@@H](C(=O)N(C)C)C1. The maximum absolute atomic E-state index is 13.6. The van der Waals surface area contributed by atoms with Crippen molar-refractivity contribution in [2.75, 3.05) is 27.2 Å². The molecule has 2 unspecified atom stereocenters. The Morgan fingerprint density at radius 1 is 1.03 bits per heavy atom. The van der Waals surface area contributed by atoms with Crippen molar-refractivity contribution in [3.63, 3.8) is 0 Å². The maximum Gasteiger partial charge on any atom is 0.336 e. The quantitative estimate of drug-likeness (QED) is 0.372. The first-order valence-electron chi connectivity index (χ1n) is 13.7. The minimum absolute atomic E-state index is 0.0722. The second-order valence-corrected chi connectivity index (χ2v) is 11.5. The van der Waals surface area contributed by atoms with E-state index in [-0.39, 0.29) is 17.7 Å². The van der Waals surface area contributed by atoms with E-state index in [1.54, 1.807) is 44.1 Å². The van der Waals surface area contributed by atoms with Crippen LogP contribution in [0.2, 0.25) is 5.02 Å². The van der Waals surface area contributed by atoms with Crippen LogP contribution in [0, 0.1) is 17.8 Å². The average Bonchev–Trinajstić information content (AvgIpc) is 3.47. The van der Waals surface area contributed by atoms with Crippen molar-refractivity contribution in [1.29, 1.82) is 0 Å². The molecule has 0 N–H and O–H groups in total. The number of halogens is 1. The third kappa shape index (κ3) is 5.83. The molecule has 206 valence electrons. The summed E-state index contributed by atoms with van der Waals surface area (Å²) in [4.78, 5) is 42.3. The van der Waals surface area contributed by atoms with Crippen molar-refractivity contribution < 1.29 is 18.7 Å². The summed E-state index contributed by atoms with van der Waals surface area (Å²) < 4.78 is 11.6. The zero-order valence-electron chi connectivity index (χ0n) is 22.7. The van der Waals surface area contributed by atoms with E-state index in [0.717, 1.165) is 17.4 Å². The predicted molar refractivity (Wildman–Crippen MR) is 152 cm³/mol. The van der Waals surface area contributed by atoms with Gasteiger partial charge >= 0.3 is 5.63 Å². The summed E-state index contributed by atoms with van der Waals surface area (Å²) in [5.41, 5.74) is 1.26. The van der Waals surface area contributed by atoms with Crippen molar-refractivity contribution in [2.24, 2.45) is 17.8 Å². The summed E-state index contributed by atoms with van der Waals surface area (Å²) in [6.07, 6.45) is 4.84. The van der Waals surface area contributed by atoms with Crippen LogP contribution < -0.4 is 10.4 Å². The first-order valence-corrected chi connectivity index (χ1v) is 14.1. The Labute approximate surface area is 233 Å². The van der Waals surface area contributed by atoms with Gasteiger partial charge in [-0.05, 0) is 43.4 Å². The average molecular weight is 551 g/mol. The molecule has 2 heterocycles. The first kappa shape index (κ1) is 27.3. The van der Waals surface area contributed by atoms with Crippen LogP contribution in [0.4, 0.5) is 0 Å². The molecule has 2 fully saturated rings. The van der Waals surface area contributed by atoms with Crippen LogP contribution in [-0.4, -0.2) is 54.9 Å². The van der Waals surface area contributed by atoms with Gasteiger partial charge in [0.05, 0.1) is 5.92 Å². The molecular formula is C31H35ClN2O5. The van der Waals surface area contributed by atoms with Gasteiger partial charge in [0.1, 0.15) is 11.3 Å². The summed E-state index contributed by atoms with van der Waals surface area (Å²) in [5.74, 6) is 1.04.